The Morgan fingerprint density at radius 3 is 2.53 bits per heavy atom. The molecule has 0 amide bonds. The van der Waals surface area contributed by atoms with Crippen LogP contribution in [0.2, 0.25) is 0 Å². The number of nitrogens with two attached hydrogens (primary N) is 1. The Labute approximate surface area is 91.2 Å². The zero-order valence-electron chi connectivity index (χ0n) is 9.67. The van der Waals surface area contributed by atoms with Gasteiger partial charge in [-0.05, 0) is 31.0 Å². The summed E-state index contributed by atoms with van der Waals surface area (Å²) in [7, 11) is 1.66. The molecule has 2 N–H and O–H groups in total. The molecule has 0 atom stereocenters. The number of hydrogen-bond acceptors (Lipinski definition) is 3. The second-order valence-electron chi connectivity index (χ2n) is 3.60. The molecule has 3 nitrogen and oxygen atoms in total. The van der Waals surface area contributed by atoms with Crippen molar-refractivity contribution >= 4 is 0 Å². The third-order valence-corrected chi connectivity index (χ3v) is 2.33. The lowest BCUT2D eigenvalue weighted by atomic mass is 10.0. The number of ether oxygens (including phenoxy) is 2. The molecule has 1 aromatic rings. The molecule has 0 bridgehead atoms. The topological polar surface area (TPSA) is 44.5 Å². The van der Waals surface area contributed by atoms with Crippen molar-refractivity contribution in [1.29, 1.82) is 0 Å². The fourth-order valence-electron chi connectivity index (χ4n) is 1.58. The fraction of sp³-hybridized carbons (Fsp3) is 0.500. The highest BCUT2D eigenvalue weighted by Crippen LogP contribution is 2.23. The van der Waals surface area contributed by atoms with Crippen LogP contribution in [0.1, 0.15) is 16.7 Å². The lowest BCUT2D eigenvalue weighted by Crippen LogP contribution is -2.09. The van der Waals surface area contributed by atoms with E-state index < -0.39 is 0 Å². The van der Waals surface area contributed by atoms with Crippen molar-refractivity contribution in [3.05, 3.63) is 28.8 Å². The van der Waals surface area contributed by atoms with Gasteiger partial charge in [-0.2, -0.15) is 0 Å². The van der Waals surface area contributed by atoms with E-state index in [1.165, 1.54) is 11.1 Å². The minimum Gasteiger partial charge on any atom is -0.491 e. The average Bonchev–Trinajstić information content (AvgIpc) is 2.17. The van der Waals surface area contributed by atoms with Crippen molar-refractivity contribution in [1.82, 2.24) is 0 Å². The molecule has 1 aromatic carbocycles. The van der Waals surface area contributed by atoms with Gasteiger partial charge in [0, 0.05) is 19.2 Å². The highest BCUT2D eigenvalue weighted by molar-refractivity contribution is 5.42. The van der Waals surface area contributed by atoms with Gasteiger partial charge in [0.15, 0.2) is 0 Å². The van der Waals surface area contributed by atoms with Crippen molar-refractivity contribution in [3.8, 4) is 5.75 Å². The van der Waals surface area contributed by atoms with Gasteiger partial charge in [-0.25, -0.2) is 0 Å². The maximum atomic E-state index is 5.69. The van der Waals surface area contributed by atoms with Gasteiger partial charge in [0.05, 0.1) is 6.61 Å². The predicted molar refractivity (Wildman–Crippen MR) is 61.2 cm³/mol. The standard InChI is InChI=1S/C12H19NO2/c1-9-6-10(2)11(8-13)12(7-9)15-5-4-14-3/h6-7H,4-5,8,13H2,1-3H3. The molecule has 0 spiro atoms. The van der Waals surface area contributed by atoms with Crippen LogP contribution in [-0.4, -0.2) is 20.3 Å². The van der Waals surface area contributed by atoms with Crippen molar-refractivity contribution < 1.29 is 9.47 Å². The quantitative estimate of drug-likeness (QED) is 0.752. The van der Waals surface area contributed by atoms with Crippen LogP contribution in [0.3, 0.4) is 0 Å². The van der Waals surface area contributed by atoms with E-state index in [1.807, 2.05) is 6.07 Å². The Balaban J connectivity index is 2.84. The van der Waals surface area contributed by atoms with Crippen LogP contribution >= 0.6 is 0 Å². The smallest absolute Gasteiger partial charge is 0.124 e. The maximum absolute atomic E-state index is 5.69. The maximum Gasteiger partial charge on any atom is 0.124 e. The second kappa shape index (κ2) is 5.73. The lowest BCUT2D eigenvalue weighted by Gasteiger charge is -2.13. The van der Waals surface area contributed by atoms with E-state index in [1.54, 1.807) is 7.11 Å². The zero-order valence-corrected chi connectivity index (χ0v) is 9.67. The third-order valence-electron chi connectivity index (χ3n) is 2.33. The van der Waals surface area contributed by atoms with E-state index in [9.17, 15) is 0 Å². The van der Waals surface area contributed by atoms with Crippen LogP contribution in [-0.2, 0) is 11.3 Å². The minimum atomic E-state index is 0.508. The molecule has 84 valence electrons. The Morgan fingerprint density at radius 2 is 1.93 bits per heavy atom. The zero-order chi connectivity index (χ0) is 11.3. The molecule has 1 rings (SSSR count). The first kappa shape index (κ1) is 12.0. The molecule has 0 aliphatic rings. The summed E-state index contributed by atoms with van der Waals surface area (Å²) in [6.07, 6.45) is 0. The summed E-state index contributed by atoms with van der Waals surface area (Å²) in [5, 5.41) is 0. The van der Waals surface area contributed by atoms with Gasteiger partial charge in [-0.1, -0.05) is 6.07 Å². The molecular formula is C12H19NO2. The molecule has 0 heterocycles. The van der Waals surface area contributed by atoms with Crippen molar-refractivity contribution in [2.24, 2.45) is 5.73 Å². The highest BCUT2D eigenvalue weighted by atomic mass is 16.5. The van der Waals surface area contributed by atoms with Crippen molar-refractivity contribution in [2.45, 2.75) is 20.4 Å². The van der Waals surface area contributed by atoms with Crippen LogP contribution in [0.5, 0.6) is 5.75 Å². The first-order valence-electron chi connectivity index (χ1n) is 5.11. The Morgan fingerprint density at radius 1 is 1.20 bits per heavy atom. The summed E-state index contributed by atoms with van der Waals surface area (Å²) in [5.74, 6) is 0.882. The van der Waals surface area contributed by atoms with E-state index in [-0.39, 0.29) is 0 Å². The van der Waals surface area contributed by atoms with Gasteiger partial charge in [-0.15, -0.1) is 0 Å². The van der Waals surface area contributed by atoms with E-state index in [2.05, 4.69) is 19.9 Å². The number of methoxy groups -OCH3 is 1. The largest absolute Gasteiger partial charge is 0.491 e. The van der Waals surface area contributed by atoms with Crippen molar-refractivity contribution in [2.75, 3.05) is 20.3 Å². The van der Waals surface area contributed by atoms with E-state index in [4.69, 9.17) is 15.2 Å². The Kier molecular flexibility index (Phi) is 4.59. The number of aryl methyl sites for hydroxylation is 2. The first-order chi connectivity index (χ1) is 7.19. The van der Waals surface area contributed by atoms with Gasteiger partial charge in [0.2, 0.25) is 0 Å². The summed E-state index contributed by atoms with van der Waals surface area (Å²) in [4.78, 5) is 0. The number of benzene rings is 1. The van der Waals surface area contributed by atoms with E-state index >= 15 is 0 Å². The van der Waals surface area contributed by atoms with Crippen LogP contribution in [0.15, 0.2) is 12.1 Å². The van der Waals surface area contributed by atoms with E-state index in [0.717, 1.165) is 11.3 Å². The highest BCUT2D eigenvalue weighted by Gasteiger charge is 2.06. The van der Waals surface area contributed by atoms with Crippen LogP contribution in [0.4, 0.5) is 0 Å². The molecule has 0 saturated heterocycles. The van der Waals surface area contributed by atoms with Gasteiger partial charge in [-0.3, -0.25) is 0 Å². The summed E-state index contributed by atoms with van der Waals surface area (Å²) in [6.45, 7) is 5.77. The lowest BCUT2D eigenvalue weighted by molar-refractivity contribution is 0.145. The normalized spacial score (nSPS) is 10.4. The molecule has 0 aromatic heterocycles. The summed E-state index contributed by atoms with van der Waals surface area (Å²) in [6, 6.07) is 4.14. The molecule has 0 aliphatic heterocycles. The van der Waals surface area contributed by atoms with Gasteiger partial charge in [0.1, 0.15) is 12.4 Å². The van der Waals surface area contributed by atoms with Gasteiger partial charge < -0.3 is 15.2 Å². The second-order valence-corrected chi connectivity index (χ2v) is 3.60. The summed E-state index contributed by atoms with van der Waals surface area (Å²) < 4.78 is 10.6. The molecule has 0 aliphatic carbocycles. The summed E-state index contributed by atoms with van der Waals surface area (Å²) in [5.41, 5.74) is 9.15. The molecular weight excluding hydrogens is 190 g/mol. The SMILES string of the molecule is COCCOc1cc(C)cc(C)c1CN. The van der Waals surface area contributed by atoms with Crippen LogP contribution in [0.25, 0.3) is 0 Å². The molecule has 15 heavy (non-hydrogen) atoms. The molecule has 0 saturated carbocycles. The summed E-state index contributed by atoms with van der Waals surface area (Å²) >= 11 is 0. The first-order valence-corrected chi connectivity index (χ1v) is 5.11. The fourth-order valence-corrected chi connectivity index (χ4v) is 1.58. The Hall–Kier alpha value is -1.06. The monoisotopic (exact) mass is 209 g/mol. The molecule has 0 unspecified atom stereocenters. The Bertz CT molecular complexity index is 324. The van der Waals surface area contributed by atoms with Gasteiger partial charge >= 0.3 is 0 Å². The average molecular weight is 209 g/mol. The molecule has 3 heteroatoms. The predicted octanol–water partition coefficient (Wildman–Crippen LogP) is 1.79. The van der Waals surface area contributed by atoms with Crippen molar-refractivity contribution in [3.63, 3.8) is 0 Å². The van der Waals surface area contributed by atoms with Crippen LogP contribution < -0.4 is 10.5 Å². The van der Waals surface area contributed by atoms with Crippen LogP contribution in [0, 0.1) is 13.8 Å². The number of hydrogen-bond donors (Lipinski definition) is 1. The van der Waals surface area contributed by atoms with E-state index in [0.29, 0.717) is 19.8 Å². The van der Waals surface area contributed by atoms with Gasteiger partial charge in [0.25, 0.3) is 0 Å². The molecule has 0 fully saturated rings. The third kappa shape index (κ3) is 3.22. The molecule has 0 radical (unpaired) electrons. The minimum absolute atomic E-state index is 0.508. The number of rotatable bonds is 5.